The summed E-state index contributed by atoms with van der Waals surface area (Å²) < 4.78 is 0. The van der Waals surface area contributed by atoms with E-state index in [1.807, 2.05) is 27.8 Å². The molecular weight excluding hydrogens is 266 g/mol. The van der Waals surface area contributed by atoms with Crippen LogP contribution in [0.3, 0.4) is 0 Å². The summed E-state index contributed by atoms with van der Waals surface area (Å²) in [6.45, 7) is 9.15. The van der Waals surface area contributed by atoms with Gasteiger partial charge < -0.3 is 9.80 Å². The first-order chi connectivity index (χ1) is 9.77. The molecule has 6 heteroatoms. The lowest BCUT2D eigenvalue weighted by Gasteiger charge is -2.31. The molecule has 1 aliphatic heterocycles. The highest BCUT2D eigenvalue weighted by Gasteiger charge is 2.25. The van der Waals surface area contributed by atoms with Gasteiger partial charge >= 0.3 is 0 Å². The number of rotatable bonds is 3. The highest BCUT2D eigenvalue weighted by molar-refractivity contribution is 5.90. The Balaban J connectivity index is 1.94. The molecule has 1 aliphatic rings. The summed E-state index contributed by atoms with van der Waals surface area (Å²) in [5.41, 5.74) is -0.127. The van der Waals surface area contributed by atoms with Gasteiger partial charge in [-0.2, -0.15) is 0 Å². The molecule has 6 nitrogen and oxygen atoms in total. The van der Waals surface area contributed by atoms with E-state index in [1.165, 1.54) is 0 Å². The Morgan fingerprint density at radius 1 is 1.38 bits per heavy atom. The average molecular weight is 293 g/mol. The monoisotopic (exact) mass is 293 g/mol. The topological polar surface area (TPSA) is 65.1 Å². The largest absolute Gasteiger partial charge is 0.339 e. The number of piperidine rings is 1. The van der Waals surface area contributed by atoms with Crippen LogP contribution in [-0.2, 0) is 5.41 Å². The van der Waals surface area contributed by atoms with Gasteiger partial charge in [-0.1, -0.05) is 20.8 Å². The minimum atomic E-state index is -0.127. The maximum atomic E-state index is 12.4. The van der Waals surface area contributed by atoms with E-state index in [9.17, 15) is 4.79 Å². The molecule has 1 fully saturated rings. The first kappa shape index (κ1) is 15.9. The van der Waals surface area contributed by atoms with Crippen molar-refractivity contribution in [3.63, 3.8) is 0 Å². The van der Waals surface area contributed by atoms with E-state index in [1.54, 1.807) is 4.90 Å². The van der Waals surface area contributed by atoms with Crippen molar-refractivity contribution < 1.29 is 4.79 Å². The van der Waals surface area contributed by atoms with Gasteiger partial charge in [0, 0.05) is 19.0 Å². The predicted molar refractivity (Wildman–Crippen MR) is 82.3 cm³/mol. The molecule has 0 atom stereocenters. The molecule has 2 rings (SSSR count). The Morgan fingerprint density at radius 2 is 2.00 bits per heavy atom. The molecule has 1 N–H and O–H groups in total. The molecule has 0 aliphatic carbocycles. The summed E-state index contributed by atoms with van der Waals surface area (Å²) in [6.07, 6.45) is 2.30. The molecule has 0 bridgehead atoms. The van der Waals surface area contributed by atoms with Crippen LogP contribution in [0.25, 0.3) is 0 Å². The van der Waals surface area contributed by atoms with Gasteiger partial charge in [0.05, 0.1) is 0 Å². The average Bonchev–Trinajstić information content (AvgIpc) is 2.90. The molecule has 1 amide bonds. The number of aromatic amines is 1. The van der Waals surface area contributed by atoms with Gasteiger partial charge in [-0.05, 0) is 38.9 Å². The number of likely N-dealkylation sites (tertiary alicyclic amines) is 1. The standard InChI is InChI=1S/C15H27N5O/c1-15(2,3)14-16-12(17-18-14)13(21)20(5)10-11-6-8-19(4)9-7-11/h11H,6-10H2,1-5H3,(H,16,17,18). The van der Waals surface area contributed by atoms with Gasteiger partial charge in [0.15, 0.2) is 0 Å². The molecule has 1 aromatic rings. The second-order valence-electron chi connectivity index (χ2n) is 7.19. The van der Waals surface area contributed by atoms with E-state index in [4.69, 9.17) is 0 Å². The Hall–Kier alpha value is -1.43. The van der Waals surface area contributed by atoms with E-state index >= 15 is 0 Å². The van der Waals surface area contributed by atoms with Crippen LogP contribution >= 0.6 is 0 Å². The van der Waals surface area contributed by atoms with Gasteiger partial charge in [0.1, 0.15) is 5.82 Å². The summed E-state index contributed by atoms with van der Waals surface area (Å²) in [7, 11) is 3.99. The van der Waals surface area contributed by atoms with Crippen molar-refractivity contribution in [2.24, 2.45) is 5.92 Å². The fraction of sp³-hybridized carbons (Fsp3) is 0.800. The molecule has 0 saturated carbocycles. The van der Waals surface area contributed by atoms with E-state index in [0.717, 1.165) is 38.3 Å². The van der Waals surface area contributed by atoms with Gasteiger partial charge in [0.2, 0.25) is 5.82 Å². The molecule has 0 unspecified atom stereocenters. The fourth-order valence-electron chi connectivity index (χ4n) is 2.58. The number of carbonyl (C=O) groups excluding carboxylic acids is 1. The highest BCUT2D eigenvalue weighted by atomic mass is 16.2. The zero-order valence-corrected chi connectivity index (χ0v) is 13.8. The summed E-state index contributed by atoms with van der Waals surface area (Å²) in [5, 5.41) is 6.95. The van der Waals surface area contributed by atoms with Crippen molar-refractivity contribution in [3.8, 4) is 0 Å². The third kappa shape index (κ3) is 4.03. The molecule has 2 heterocycles. The van der Waals surface area contributed by atoms with Gasteiger partial charge in [-0.25, -0.2) is 4.98 Å². The SMILES string of the molecule is CN1CCC(CN(C)C(=O)c2n[nH]c(C(C)(C)C)n2)CC1. The van der Waals surface area contributed by atoms with Crippen LogP contribution in [0.15, 0.2) is 0 Å². The smallest absolute Gasteiger partial charge is 0.293 e. The number of H-pyrrole nitrogens is 1. The van der Waals surface area contributed by atoms with E-state index in [0.29, 0.717) is 5.92 Å². The van der Waals surface area contributed by atoms with Crippen LogP contribution in [-0.4, -0.2) is 64.6 Å². The lowest BCUT2D eigenvalue weighted by Crippen LogP contribution is -2.38. The lowest BCUT2D eigenvalue weighted by atomic mass is 9.96. The third-order valence-electron chi connectivity index (χ3n) is 4.10. The summed E-state index contributed by atoms with van der Waals surface area (Å²) >= 11 is 0. The van der Waals surface area contributed by atoms with Crippen LogP contribution in [0.4, 0.5) is 0 Å². The zero-order chi connectivity index (χ0) is 15.6. The van der Waals surface area contributed by atoms with E-state index in [2.05, 4.69) is 27.1 Å². The summed E-state index contributed by atoms with van der Waals surface area (Å²) in [4.78, 5) is 20.8. The molecule has 118 valence electrons. The normalized spacial score (nSPS) is 18.0. The number of nitrogens with one attached hydrogen (secondary N) is 1. The van der Waals surface area contributed by atoms with Crippen LogP contribution in [0.5, 0.6) is 0 Å². The maximum absolute atomic E-state index is 12.4. The quantitative estimate of drug-likeness (QED) is 0.917. The van der Waals surface area contributed by atoms with E-state index < -0.39 is 0 Å². The van der Waals surface area contributed by atoms with Crippen LogP contribution in [0.1, 0.15) is 50.1 Å². The first-order valence-corrected chi connectivity index (χ1v) is 7.64. The van der Waals surface area contributed by atoms with Crippen molar-refractivity contribution in [1.82, 2.24) is 25.0 Å². The summed E-state index contributed by atoms with van der Waals surface area (Å²) in [5.74, 6) is 1.51. The number of nitrogens with zero attached hydrogens (tertiary/aromatic N) is 4. The minimum Gasteiger partial charge on any atom is -0.339 e. The Labute approximate surface area is 126 Å². The molecule has 1 saturated heterocycles. The molecule has 0 aromatic carbocycles. The highest BCUT2D eigenvalue weighted by Crippen LogP contribution is 2.19. The minimum absolute atomic E-state index is 0.0966. The Bertz CT molecular complexity index is 482. The zero-order valence-electron chi connectivity index (χ0n) is 13.8. The molecule has 0 radical (unpaired) electrons. The number of amides is 1. The Morgan fingerprint density at radius 3 is 2.52 bits per heavy atom. The van der Waals surface area contributed by atoms with Crippen molar-refractivity contribution in [1.29, 1.82) is 0 Å². The second-order valence-corrected chi connectivity index (χ2v) is 7.19. The van der Waals surface area contributed by atoms with Crippen molar-refractivity contribution in [2.45, 2.75) is 39.0 Å². The van der Waals surface area contributed by atoms with Crippen molar-refractivity contribution in [2.75, 3.05) is 33.7 Å². The van der Waals surface area contributed by atoms with Crippen molar-refractivity contribution in [3.05, 3.63) is 11.6 Å². The molecule has 0 spiro atoms. The van der Waals surface area contributed by atoms with Crippen LogP contribution < -0.4 is 0 Å². The molecule has 1 aromatic heterocycles. The first-order valence-electron chi connectivity index (χ1n) is 7.64. The van der Waals surface area contributed by atoms with Gasteiger partial charge in [0.25, 0.3) is 5.91 Å². The number of hydrogen-bond acceptors (Lipinski definition) is 4. The lowest BCUT2D eigenvalue weighted by molar-refractivity contribution is 0.0735. The van der Waals surface area contributed by atoms with Gasteiger partial charge in [-0.3, -0.25) is 9.89 Å². The number of carbonyl (C=O) groups is 1. The van der Waals surface area contributed by atoms with Crippen molar-refractivity contribution >= 4 is 5.91 Å². The van der Waals surface area contributed by atoms with Crippen LogP contribution in [0, 0.1) is 5.92 Å². The fourth-order valence-corrected chi connectivity index (χ4v) is 2.58. The van der Waals surface area contributed by atoms with E-state index in [-0.39, 0.29) is 17.1 Å². The number of aromatic nitrogens is 3. The predicted octanol–water partition coefficient (Wildman–Crippen LogP) is 1.52. The molecule has 21 heavy (non-hydrogen) atoms. The van der Waals surface area contributed by atoms with Crippen LogP contribution in [0.2, 0.25) is 0 Å². The van der Waals surface area contributed by atoms with Gasteiger partial charge in [-0.15, -0.1) is 5.10 Å². The second kappa shape index (κ2) is 6.13. The molecular formula is C15H27N5O. The number of hydrogen-bond donors (Lipinski definition) is 1. The Kier molecular flexibility index (Phi) is 4.66. The third-order valence-corrected chi connectivity index (χ3v) is 4.10. The summed E-state index contributed by atoms with van der Waals surface area (Å²) in [6, 6.07) is 0. The maximum Gasteiger partial charge on any atom is 0.293 e.